The van der Waals surface area contributed by atoms with E-state index in [4.69, 9.17) is 15.4 Å². The second-order valence-corrected chi connectivity index (χ2v) is 7.12. The van der Waals surface area contributed by atoms with Crippen LogP contribution in [0.15, 0.2) is 36.4 Å². The molecule has 0 aliphatic carbocycles. The van der Waals surface area contributed by atoms with Gasteiger partial charge in [-0.15, -0.1) is 24.5 Å². The zero-order valence-electron chi connectivity index (χ0n) is 18.2. The van der Waals surface area contributed by atoms with Crippen molar-refractivity contribution in [1.82, 2.24) is 0 Å². The van der Waals surface area contributed by atoms with Crippen molar-refractivity contribution in [3.8, 4) is 0 Å². The first-order valence-electron chi connectivity index (χ1n) is 9.17. The molecule has 0 amide bonds. The predicted molar refractivity (Wildman–Crippen MR) is 118 cm³/mol. The molecule has 28 heavy (non-hydrogen) atoms. The van der Waals surface area contributed by atoms with Crippen molar-refractivity contribution in [3.63, 3.8) is 0 Å². The van der Waals surface area contributed by atoms with Crippen molar-refractivity contribution >= 4 is 11.4 Å². The molecule has 2 aromatic rings. The molecular weight excluding hydrogens is 424 g/mol. The van der Waals surface area contributed by atoms with Crippen molar-refractivity contribution in [1.29, 1.82) is 0 Å². The number of aryl methyl sites for hydroxylation is 4. The third-order valence-electron chi connectivity index (χ3n) is 4.98. The molecule has 3 nitrogen and oxygen atoms in total. The van der Waals surface area contributed by atoms with Gasteiger partial charge < -0.3 is 30.2 Å². The van der Waals surface area contributed by atoms with Gasteiger partial charge in [0.25, 0.3) is 0 Å². The Balaban J connectivity index is 0.00000243. The van der Waals surface area contributed by atoms with E-state index in [0.29, 0.717) is 0 Å². The van der Waals surface area contributed by atoms with E-state index >= 15 is 0 Å². The van der Waals surface area contributed by atoms with Crippen LogP contribution in [-0.4, -0.2) is 25.3 Å². The standard InChI is InChI=1S/C22H28N2O.2CH3.Zr/c1-15-7-5-8-16(2)21(15)23-13-19-11-12-20(25-19)14-24-22-17(3)9-6-10-18(22)4;;;/h5-10,19-20H,11-14H2,1-4H3;2*1H3;/q-2;2*-1;+4/t19-,20+;;;. The summed E-state index contributed by atoms with van der Waals surface area (Å²) in [6, 6.07) is 12.6. The molecular formula is C24H34N2OZr. The van der Waals surface area contributed by atoms with Gasteiger partial charge in [0, 0.05) is 12.2 Å². The van der Waals surface area contributed by atoms with Crippen LogP contribution >= 0.6 is 0 Å². The predicted octanol–water partition coefficient (Wildman–Crippen LogP) is 7.08. The Labute approximate surface area is 191 Å². The first-order valence-corrected chi connectivity index (χ1v) is 9.17. The fourth-order valence-electron chi connectivity index (χ4n) is 3.55. The molecule has 0 radical (unpaired) electrons. The third kappa shape index (κ3) is 6.74. The molecule has 4 heteroatoms. The minimum atomic E-state index is 0. The van der Waals surface area contributed by atoms with E-state index < -0.39 is 0 Å². The van der Waals surface area contributed by atoms with Crippen LogP contribution in [0.25, 0.3) is 10.6 Å². The summed E-state index contributed by atoms with van der Waals surface area (Å²) in [6.07, 6.45) is 2.58. The third-order valence-corrected chi connectivity index (χ3v) is 4.98. The van der Waals surface area contributed by atoms with Crippen LogP contribution in [0.3, 0.4) is 0 Å². The summed E-state index contributed by atoms with van der Waals surface area (Å²) in [7, 11) is 0. The fourth-order valence-corrected chi connectivity index (χ4v) is 3.55. The number of benzene rings is 2. The minimum absolute atomic E-state index is 0. The molecule has 0 unspecified atom stereocenters. The van der Waals surface area contributed by atoms with Crippen LogP contribution in [0.2, 0.25) is 0 Å². The number of ether oxygens (including phenoxy) is 1. The van der Waals surface area contributed by atoms with E-state index in [-0.39, 0.29) is 53.3 Å². The summed E-state index contributed by atoms with van der Waals surface area (Å²) in [4.78, 5) is 0. The zero-order valence-corrected chi connectivity index (χ0v) is 20.7. The van der Waals surface area contributed by atoms with Crippen LogP contribution in [0.4, 0.5) is 11.4 Å². The Kier molecular flexibility index (Phi) is 11.9. The van der Waals surface area contributed by atoms with Gasteiger partial charge in [0.15, 0.2) is 0 Å². The van der Waals surface area contributed by atoms with Gasteiger partial charge in [-0.3, -0.25) is 0 Å². The molecule has 1 heterocycles. The number of hydrogen-bond acceptors (Lipinski definition) is 1. The SMILES string of the molecule is Cc1cccc(C)c1[N-]C[C@H]1CC[C@@H](C[N-]c2c(C)cccc2C)O1.[CH3-].[CH3-].[Zr+4]. The first-order chi connectivity index (χ1) is 12.0. The molecule has 2 atom stereocenters. The molecule has 1 saturated heterocycles. The van der Waals surface area contributed by atoms with E-state index in [1.165, 1.54) is 22.3 Å². The first kappa shape index (κ1) is 26.9. The van der Waals surface area contributed by atoms with E-state index in [1.54, 1.807) is 0 Å². The maximum Gasteiger partial charge on any atom is 4.00 e. The van der Waals surface area contributed by atoms with E-state index in [2.05, 4.69) is 64.1 Å². The van der Waals surface area contributed by atoms with E-state index in [1.807, 2.05) is 0 Å². The molecule has 3 rings (SSSR count). The van der Waals surface area contributed by atoms with Gasteiger partial charge in [-0.25, -0.2) is 0 Å². The largest absolute Gasteiger partial charge is 4.00 e. The van der Waals surface area contributed by atoms with Crippen molar-refractivity contribution in [2.75, 3.05) is 13.1 Å². The summed E-state index contributed by atoms with van der Waals surface area (Å²) in [6.45, 7) is 9.96. The van der Waals surface area contributed by atoms with Gasteiger partial charge in [-0.05, 0) is 40.5 Å². The van der Waals surface area contributed by atoms with Crippen LogP contribution in [-0.2, 0) is 30.9 Å². The van der Waals surface area contributed by atoms with Gasteiger partial charge in [-0.1, -0.05) is 58.7 Å². The molecule has 0 N–H and O–H groups in total. The Hall–Kier alpha value is -1.12. The van der Waals surface area contributed by atoms with Crippen LogP contribution in [0, 0.1) is 42.5 Å². The molecule has 0 saturated carbocycles. The van der Waals surface area contributed by atoms with Gasteiger partial charge in [0.1, 0.15) is 0 Å². The number of hydrogen-bond donors (Lipinski definition) is 0. The van der Waals surface area contributed by atoms with Crippen molar-refractivity contribution < 1.29 is 30.9 Å². The van der Waals surface area contributed by atoms with Crippen LogP contribution < -0.4 is 0 Å². The average Bonchev–Trinajstić information content (AvgIpc) is 3.02. The Bertz CT molecular complexity index is 631. The summed E-state index contributed by atoms with van der Waals surface area (Å²) in [5.41, 5.74) is 7.18. The van der Waals surface area contributed by atoms with E-state index in [9.17, 15) is 0 Å². The second kappa shape index (κ2) is 12.4. The van der Waals surface area contributed by atoms with Gasteiger partial charge >= 0.3 is 26.2 Å². The van der Waals surface area contributed by atoms with Crippen LogP contribution in [0.1, 0.15) is 35.1 Å². The molecule has 2 aromatic carbocycles. The van der Waals surface area contributed by atoms with Crippen molar-refractivity contribution in [2.45, 2.75) is 52.7 Å². The topological polar surface area (TPSA) is 37.4 Å². The quantitative estimate of drug-likeness (QED) is 0.427. The molecule has 1 aliphatic rings. The average molecular weight is 458 g/mol. The summed E-state index contributed by atoms with van der Waals surface area (Å²) < 4.78 is 6.18. The summed E-state index contributed by atoms with van der Waals surface area (Å²) >= 11 is 0. The van der Waals surface area contributed by atoms with E-state index in [0.717, 1.165) is 37.3 Å². The number of nitrogens with zero attached hydrogens (tertiary/aromatic N) is 2. The molecule has 1 aliphatic heterocycles. The van der Waals surface area contributed by atoms with Crippen molar-refractivity contribution in [3.05, 3.63) is 84.1 Å². The maximum absolute atomic E-state index is 6.18. The Morgan fingerprint density at radius 1 is 0.714 bits per heavy atom. The van der Waals surface area contributed by atoms with Gasteiger partial charge in [-0.2, -0.15) is 0 Å². The number of para-hydroxylation sites is 2. The van der Waals surface area contributed by atoms with Crippen molar-refractivity contribution in [2.24, 2.45) is 0 Å². The Morgan fingerprint density at radius 3 is 1.36 bits per heavy atom. The van der Waals surface area contributed by atoms with Crippen LogP contribution in [0.5, 0.6) is 0 Å². The Morgan fingerprint density at radius 2 is 1.04 bits per heavy atom. The molecule has 150 valence electrons. The zero-order chi connectivity index (χ0) is 17.8. The fraction of sp³-hybridized carbons (Fsp3) is 0.417. The summed E-state index contributed by atoms with van der Waals surface area (Å²) in [5, 5.41) is 9.63. The monoisotopic (exact) mass is 456 g/mol. The maximum atomic E-state index is 6.18. The minimum Gasteiger partial charge on any atom is -0.682 e. The molecule has 0 bridgehead atoms. The van der Waals surface area contributed by atoms with Gasteiger partial charge in [0.05, 0.1) is 0 Å². The second-order valence-electron chi connectivity index (χ2n) is 7.12. The normalized spacial score (nSPS) is 17.7. The molecule has 0 aromatic heterocycles. The summed E-state index contributed by atoms with van der Waals surface area (Å²) in [5.74, 6) is 0. The van der Waals surface area contributed by atoms with Gasteiger partial charge in [0.2, 0.25) is 0 Å². The molecule has 0 spiro atoms. The smallest absolute Gasteiger partial charge is 0.682 e. The molecule has 1 fully saturated rings. The number of rotatable bonds is 6.